The topological polar surface area (TPSA) is 57.9 Å². The highest BCUT2D eigenvalue weighted by Gasteiger charge is 2.26. The number of ether oxygens (including phenoxy) is 3. The van der Waals surface area contributed by atoms with Gasteiger partial charge in [-0.25, -0.2) is 22.0 Å². The average Bonchev–Trinajstić information content (AvgIpc) is 2.85. The van der Waals surface area contributed by atoms with Gasteiger partial charge in [-0.2, -0.15) is 0 Å². The number of hydrogen-bond acceptors (Lipinski definition) is 5. The van der Waals surface area contributed by atoms with Crippen LogP contribution in [0.5, 0.6) is 23.0 Å². The molecule has 0 saturated heterocycles. The van der Waals surface area contributed by atoms with Gasteiger partial charge >= 0.3 is 0 Å². The van der Waals surface area contributed by atoms with Crippen molar-refractivity contribution in [2.24, 2.45) is 0 Å². The third-order valence-corrected chi connectivity index (χ3v) is 5.03. The van der Waals surface area contributed by atoms with Crippen LogP contribution in [0, 0.1) is 36.0 Å². The second kappa shape index (κ2) is 9.65. The van der Waals surface area contributed by atoms with E-state index in [1.807, 2.05) is 6.92 Å². The molecule has 0 aliphatic carbocycles. The number of halogens is 5. The summed E-state index contributed by atoms with van der Waals surface area (Å²) >= 11 is 0. The highest BCUT2D eigenvalue weighted by atomic mass is 19.2. The van der Waals surface area contributed by atoms with E-state index in [9.17, 15) is 26.7 Å². The first-order valence-corrected chi connectivity index (χ1v) is 10.3. The first kappa shape index (κ1) is 24.1. The Morgan fingerprint density at radius 2 is 1.34 bits per heavy atom. The number of benzene rings is 3. The normalized spacial score (nSPS) is 11.1. The molecule has 1 heterocycles. The molecule has 35 heavy (non-hydrogen) atoms. The van der Waals surface area contributed by atoms with E-state index in [1.165, 1.54) is 25.1 Å². The molecule has 4 aromatic rings. The SMILES string of the molecule is CCOc1ccc(Oc2c(C)oc3cc(OCc4c(F)c(F)c(F)c(F)c4F)ccc3c2=O)cc1. The second-order valence-electron chi connectivity index (χ2n) is 7.32. The largest absolute Gasteiger partial charge is 0.494 e. The molecule has 0 bridgehead atoms. The Morgan fingerprint density at radius 3 is 1.97 bits per heavy atom. The van der Waals surface area contributed by atoms with Gasteiger partial charge in [0.05, 0.1) is 17.6 Å². The molecule has 0 saturated carbocycles. The van der Waals surface area contributed by atoms with Crippen LogP contribution in [0.4, 0.5) is 22.0 Å². The molecule has 3 aromatic carbocycles. The van der Waals surface area contributed by atoms with E-state index in [0.717, 1.165) is 0 Å². The molecule has 4 rings (SSSR count). The van der Waals surface area contributed by atoms with Gasteiger partial charge in [0.15, 0.2) is 23.3 Å². The lowest BCUT2D eigenvalue weighted by atomic mass is 10.1. The van der Waals surface area contributed by atoms with Crippen LogP contribution in [0.2, 0.25) is 0 Å². The zero-order valence-electron chi connectivity index (χ0n) is 18.4. The first-order valence-electron chi connectivity index (χ1n) is 10.3. The van der Waals surface area contributed by atoms with Gasteiger partial charge in [-0.1, -0.05) is 0 Å². The van der Waals surface area contributed by atoms with E-state index < -0.39 is 46.7 Å². The third-order valence-electron chi connectivity index (χ3n) is 5.03. The highest BCUT2D eigenvalue weighted by Crippen LogP contribution is 2.29. The number of aryl methyl sites for hydroxylation is 1. The van der Waals surface area contributed by atoms with Gasteiger partial charge in [-0.3, -0.25) is 4.79 Å². The maximum absolute atomic E-state index is 13.9. The van der Waals surface area contributed by atoms with E-state index in [4.69, 9.17) is 18.6 Å². The lowest BCUT2D eigenvalue weighted by molar-refractivity contribution is 0.279. The fourth-order valence-corrected chi connectivity index (χ4v) is 3.30. The molecule has 10 heteroatoms. The van der Waals surface area contributed by atoms with Gasteiger partial charge in [0.25, 0.3) is 0 Å². The van der Waals surface area contributed by atoms with Gasteiger partial charge in [0, 0.05) is 6.07 Å². The third kappa shape index (κ3) is 4.64. The Labute approximate surface area is 195 Å². The molecule has 0 amide bonds. The zero-order chi connectivity index (χ0) is 25.3. The van der Waals surface area contributed by atoms with E-state index >= 15 is 0 Å². The van der Waals surface area contributed by atoms with Crippen LogP contribution in [0.3, 0.4) is 0 Å². The van der Waals surface area contributed by atoms with Crippen molar-refractivity contribution in [3.63, 3.8) is 0 Å². The minimum atomic E-state index is -2.25. The van der Waals surface area contributed by atoms with Crippen LogP contribution in [0.1, 0.15) is 18.2 Å². The monoisotopic (exact) mass is 492 g/mol. The average molecular weight is 492 g/mol. The maximum Gasteiger partial charge on any atom is 0.235 e. The first-order chi connectivity index (χ1) is 16.7. The van der Waals surface area contributed by atoms with Crippen molar-refractivity contribution in [2.45, 2.75) is 20.5 Å². The Kier molecular flexibility index (Phi) is 6.63. The molecule has 1 aromatic heterocycles. The molecule has 0 atom stereocenters. The molecule has 182 valence electrons. The molecule has 5 nitrogen and oxygen atoms in total. The maximum atomic E-state index is 13.9. The molecule has 0 aliphatic heterocycles. The predicted molar refractivity (Wildman–Crippen MR) is 115 cm³/mol. The van der Waals surface area contributed by atoms with Crippen molar-refractivity contribution < 1.29 is 40.6 Å². The van der Waals surface area contributed by atoms with E-state index in [-0.39, 0.29) is 28.2 Å². The van der Waals surface area contributed by atoms with E-state index in [1.54, 1.807) is 24.3 Å². The van der Waals surface area contributed by atoms with E-state index in [2.05, 4.69) is 0 Å². The molecular formula is C25H17F5O5. The quantitative estimate of drug-likeness (QED) is 0.166. The summed E-state index contributed by atoms with van der Waals surface area (Å²) in [5.74, 6) is -9.26. The minimum absolute atomic E-state index is 0.0239. The Balaban J connectivity index is 1.59. The lowest BCUT2D eigenvalue weighted by Crippen LogP contribution is -2.10. The molecule has 0 aliphatic rings. The summed E-state index contributed by atoms with van der Waals surface area (Å²) in [7, 11) is 0. The molecule has 0 unspecified atom stereocenters. The van der Waals surface area contributed by atoms with Crippen molar-refractivity contribution in [2.75, 3.05) is 6.61 Å². The summed E-state index contributed by atoms with van der Waals surface area (Å²) in [6.45, 7) is 2.91. The Hall–Kier alpha value is -4.08. The molecule has 0 N–H and O–H groups in total. The Morgan fingerprint density at radius 1 is 0.771 bits per heavy atom. The molecule has 0 spiro atoms. The second-order valence-corrected chi connectivity index (χ2v) is 7.32. The van der Waals surface area contributed by atoms with Gasteiger partial charge in [0.1, 0.15) is 35.2 Å². The highest BCUT2D eigenvalue weighted by molar-refractivity contribution is 5.79. The number of fused-ring (bicyclic) bond motifs is 1. The van der Waals surface area contributed by atoms with Crippen LogP contribution in [0.25, 0.3) is 11.0 Å². The zero-order valence-corrected chi connectivity index (χ0v) is 18.4. The molecule has 0 fully saturated rings. The van der Waals surface area contributed by atoms with Crippen LogP contribution < -0.4 is 19.6 Å². The predicted octanol–water partition coefficient (Wildman–Crippen LogP) is 6.57. The minimum Gasteiger partial charge on any atom is -0.494 e. The van der Waals surface area contributed by atoms with Crippen molar-refractivity contribution >= 4 is 11.0 Å². The van der Waals surface area contributed by atoms with Crippen LogP contribution in [-0.4, -0.2) is 6.61 Å². The summed E-state index contributed by atoms with van der Waals surface area (Å²) in [6.07, 6.45) is 0. The fraction of sp³-hybridized carbons (Fsp3) is 0.160. The summed E-state index contributed by atoms with van der Waals surface area (Å²) in [5.41, 5.74) is -1.54. The van der Waals surface area contributed by atoms with Crippen molar-refractivity contribution in [1.29, 1.82) is 0 Å². The van der Waals surface area contributed by atoms with Gasteiger partial charge in [0.2, 0.25) is 17.0 Å². The smallest absolute Gasteiger partial charge is 0.235 e. The molecular weight excluding hydrogens is 475 g/mol. The van der Waals surface area contributed by atoms with Gasteiger partial charge in [-0.05, 0) is 50.2 Å². The summed E-state index contributed by atoms with van der Waals surface area (Å²) in [4.78, 5) is 12.9. The van der Waals surface area contributed by atoms with Crippen molar-refractivity contribution in [1.82, 2.24) is 0 Å². The molecule has 0 radical (unpaired) electrons. The number of rotatable bonds is 7. The lowest BCUT2D eigenvalue weighted by Gasteiger charge is -2.12. The van der Waals surface area contributed by atoms with Crippen molar-refractivity contribution in [3.05, 3.63) is 93.1 Å². The van der Waals surface area contributed by atoms with Crippen LogP contribution in [0.15, 0.2) is 51.7 Å². The van der Waals surface area contributed by atoms with Crippen LogP contribution >= 0.6 is 0 Å². The standard InChI is InChI=1S/C25H17F5O5/c1-3-32-13-4-6-14(7-5-13)35-25-12(2)34-18-10-15(8-9-16(18)24(25)31)33-11-17-19(26)21(28)23(30)22(29)20(17)27/h4-10H,3,11H2,1-2H3. The van der Waals surface area contributed by atoms with Crippen molar-refractivity contribution in [3.8, 4) is 23.0 Å². The van der Waals surface area contributed by atoms with E-state index in [0.29, 0.717) is 18.1 Å². The fourth-order valence-electron chi connectivity index (χ4n) is 3.30. The summed E-state index contributed by atoms with van der Waals surface area (Å²) in [6, 6.07) is 10.5. The summed E-state index contributed by atoms with van der Waals surface area (Å²) < 4.78 is 89.6. The Bertz CT molecular complexity index is 1440. The summed E-state index contributed by atoms with van der Waals surface area (Å²) in [5, 5.41) is 0.125. The van der Waals surface area contributed by atoms with Crippen LogP contribution in [-0.2, 0) is 6.61 Å². The van der Waals surface area contributed by atoms with Gasteiger partial charge < -0.3 is 18.6 Å². The number of hydrogen-bond donors (Lipinski definition) is 0. The van der Waals surface area contributed by atoms with Gasteiger partial charge in [-0.15, -0.1) is 0 Å².